The minimum absolute atomic E-state index is 1.07. The van der Waals surface area contributed by atoms with Crippen molar-refractivity contribution in [3.8, 4) is 0 Å². The molecule has 4 heteroatoms. The fourth-order valence-electron chi connectivity index (χ4n) is 1.78. The van der Waals surface area contributed by atoms with E-state index in [1.54, 1.807) is 0 Å². The Balaban J connectivity index is 1.58. The molecule has 112 valence electrons. The van der Waals surface area contributed by atoms with Gasteiger partial charge >= 0.3 is 0 Å². The minimum atomic E-state index is 1.07. The summed E-state index contributed by atoms with van der Waals surface area (Å²) in [6, 6.07) is 17.8. The summed E-state index contributed by atoms with van der Waals surface area (Å²) in [7, 11) is 7.58. The quantitative estimate of drug-likeness (QED) is 0.373. The van der Waals surface area contributed by atoms with E-state index >= 15 is 0 Å². The van der Waals surface area contributed by atoms with E-state index < -0.39 is 0 Å². The Hall–Kier alpha value is -0.160. The van der Waals surface area contributed by atoms with Crippen LogP contribution in [0.5, 0.6) is 0 Å². The van der Waals surface area contributed by atoms with Crippen LogP contribution in [0.3, 0.4) is 0 Å². The van der Waals surface area contributed by atoms with Crippen molar-refractivity contribution in [2.24, 2.45) is 0 Å². The average molecular weight is 353 g/mol. The monoisotopic (exact) mass is 352 g/mol. The highest BCUT2D eigenvalue weighted by molar-refractivity contribution is 9.25. The summed E-state index contributed by atoms with van der Waals surface area (Å²) in [5.74, 6) is 2.15. The van der Waals surface area contributed by atoms with Crippen LogP contribution in [0, 0.1) is 6.92 Å². The van der Waals surface area contributed by atoms with Crippen molar-refractivity contribution >= 4 is 41.2 Å². The van der Waals surface area contributed by atoms with Gasteiger partial charge in [0.2, 0.25) is 0 Å². The summed E-state index contributed by atoms with van der Waals surface area (Å²) in [6.45, 7) is 4.33. The zero-order valence-electron chi connectivity index (χ0n) is 12.4. The molecule has 0 atom stereocenters. The highest BCUT2D eigenvalue weighted by atomic mass is 33.7. The standard InChI is InChI=1S/C17H20S4/c1-3-15-8-10-17(11-9-15)13-19-21-20-18-12-16-6-4-14(2)5-7-16/h4-11H,3,12-13H2,1-2H3. The Morgan fingerprint density at radius 2 is 1.10 bits per heavy atom. The van der Waals surface area contributed by atoms with Crippen LogP contribution in [0.25, 0.3) is 0 Å². The first kappa shape index (κ1) is 17.2. The number of hydrogen-bond acceptors (Lipinski definition) is 4. The Bertz CT molecular complexity index is 519. The van der Waals surface area contributed by atoms with Crippen LogP contribution < -0.4 is 0 Å². The first-order valence-electron chi connectivity index (χ1n) is 6.99. The van der Waals surface area contributed by atoms with Crippen molar-refractivity contribution < 1.29 is 0 Å². The zero-order chi connectivity index (χ0) is 14.9. The van der Waals surface area contributed by atoms with E-state index in [9.17, 15) is 0 Å². The molecule has 0 unspecified atom stereocenters. The third-order valence-corrected chi connectivity index (χ3v) is 9.46. The van der Waals surface area contributed by atoms with Crippen molar-refractivity contribution in [1.82, 2.24) is 0 Å². The van der Waals surface area contributed by atoms with Gasteiger partial charge in [-0.15, -0.1) is 0 Å². The van der Waals surface area contributed by atoms with Gasteiger partial charge in [0.15, 0.2) is 0 Å². The lowest BCUT2D eigenvalue weighted by molar-refractivity contribution is 1.13. The van der Waals surface area contributed by atoms with Gasteiger partial charge < -0.3 is 0 Å². The van der Waals surface area contributed by atoms with Gasteiger partial charge in [0.05, 0.1) is 0 Å². The molecule has 0 nitrogen and oxygen atoms in total. The van der Waals surface area contributed by atoms with Gasteiger partial charge in [-0.1, -0.05) is 82.6 Å². The summed E-state index contributed by atoms with van der Waals surface area (Å²) < 4.78 is 0. The molecule has 2 rings (SSSR count). The molecule has 0 aliphatic heterocycles. The Kier molecular flexibility index (Phi) is 8.01. The second-order valence-corrected chi connectivity index (χ2v) is 10.8. The molecule has 0 saturated heterocycles. The molecule has 0 radical (unpaired) electrons. The van der Waals surface area contributed by atoms with E-state index in [0.717, 1.165) is 17.9 Å². The highest BCUT2D eigenvalue weighted by Crippen LogP contribution is 2.45. The molecular weight excluding hydrogens is 332 g/mol. The molecule has 0 amide bonds. The molecule has 2 aromatic carbocycles. The molecule has 0 saturated carbocycles. The van der Waals surface area contributed by atoms with Gasteiger partial charge in [0, 0.05) is 11.5 Å². The number of aryl methyl sites for hydroxylation is 2. The Morgan fingerprint density at radius 1 is 0.667 bits per heavy atom. The van der Waals surface area contributed by atoms with E-state index in [-0.39, 0.29) is 0 Å². The van der Waals surface area contributed by atoms with E-state index in [1.165, 1.54) is 22.3 Å². The van der Waals surface area contributed by atoms with Crippen LogP contribution in [-0.2, 0) is 17.9 Å². The summed E-state index contributed by atoms with van der Waals surface area (Å²) >= 11 is 0. The summed E-state index contributed by atoms with van der Waals surface area (Å²) in [4.78, 5) is 0. The lowest BCUT2D eigenvalue weighted by Gasteiger charge is -2.03. The fraction of sp³-hybridized carbons (Fsp3) is 0.294. The molecule has 0 aliphatic rings. The number of hydrogen-bond donors (Lipinski definition) is 0. The van der Waals surface area contributed by atoms with Crippen molar-refractivity contribution in [2.45, 2.75) is 31.8 Å². The molecule has 0 spiro atoms. The van der Waals surface area contributed by atoms with Crippen molar-refractivity contribution in [2.75, 3.05) is 0 Å². The molecule has 21 heavy (non-hydrogen) atoms. The maximum atomic E-state index is 2.25. The maximum absolute atomic E-state index is 2.25. The Labute approximate surface area is 143 Å². The second kappa shape index (κ2) is 9.78. The highest BCUT2D eigenvalue weighted by Gasteiger charge is 1.98. The van der Waals surface area contributed by atoms with Gasteiger partial charge in [0.1, 0.15) is 0 Å². The SMILES string of the molecule is CCc1ccc(CSSSSCc2ccc(C)cc2)cc1. The molecular formula is C17H20S4. The molecule has 0 heterocycles. The van der Waals surface area contributed by atoms with E-state index in [4.69, 9.17) is 0 Å². The number of benzene rings is 2. The topological polar surface area (TPSA) is 0 Å². The first-order valence-corrected chi connectivity index (χ1v) is 12.1. The largest absolute Gasteiger partial charge is 0.0769 e. The van der Waals surface area contributed by atoms with Crippen LogP contribution in [0.1, 0.15) is 29.2 Å². The van der Waals surface area contributed by atoms with Crippen LogP contribution in [0.4, 0.5) is 0 Å². The molecule has 0 aliphatic carbocycles. The molecule has 0 fully saturated rings. The van der Waals surface area contributed by atoms with Crippen molar-refractivity contribution in [1.29, 1.82) is 0 Å². The first-order chi connectivity index (χ1) is 10.3. The lowest BCUT2D eigenvalue weighted by Crippen LogP contribution is -1.82. The molecule has 0 aromatic heterocycles. The predicted molar refractivity (Wildman–Crippen MR) is 105 cm³/mol. The lowest BCUT2D eigenvalue weighted by atomic mass is 10.1. The van der Waals surface area contributed by atoms with E-state index in [2.05, 4.69) is 62.4 Å². The van der Waals surface area contributed by atoms with Crippen LogP contribution >= 0.6 is 41.2 Å². The third-order valence-electron chi connectivity index (χ3n) is 3.13. The Morgan fingerprint density at radius 3 is 1.57 bits per heavy atom. The molecule has 0 N–H and O–H groups in total. The van der Waals surface area contributed by atoms with Crippen molar-refractivity contribution in [3.63, 3.8) is 0 Å². The van der Waals surface area contributed by atoms with Gasteiger partial charge in [-0.05, 0) is 49.7 Å². The summed E-state index contributed by atoms with van der Waals surface area (Å²) in [6.07, 6.45) is 1.12. The van der Waals surface area contributed by atoms with Crippen LogP contribution in [0.15, 0.2) is 48.5 Å². The molecule has 0 bridgehead atoms. The van der Waals surface area contributed by atoms with Gasteiger partial charge in [0.25, 0.3) is 0 Å². The van der Waals surface area contributed by atoms with Crippen LogP contribution in [0.2, 0.25) is 0 Å². The van der Waals surface area contributed by atoms with Gasteiger partial charge in [-0.25, -0.2) is 0 Å². The predicted octanol–water partition coefficient (Wildman–Crippen LogP) is 6.94. The molecule has 2 aromatic rings. The van der Waals surface area contributed by atoms with E-state index in [0.29, 0.717) is 0 Å². The average Bonchev–Trinajstić information content (AvgIpc) is 2.53. The van der Waals surface area contributed by atoms with Gasteiger partial charge in [-0.3, -0.25) is 0 Å². The second-order valence-electron chi connectivity index (χ2n) is 4.82. The fourth-order valence-corrected chi connectivity index (χ4v) is 7.65. The normalized spacial score (nSPS) is 10.8. The van der Waals surface area contributed by atoms with Crippen molar-refractivity contribution in [3.05, 3.63) is 70.8 Å². The van der Waals surface area contributed by atoms with E-state index in [1.807, 2.05) is 41.2 Å². The van der Waals surface area contributed by atoms with Crippen LogP contribution in [-0.4, -0.2) is 0 Å². The maximum Gasteiger partial charge on any atom is 0.0297 e. The number of rotatable bonds is 8. The third kappa shape index (κ3) is 6.64. The van der Waals surface area contributed by atoms with Gasteiger partial charge in [-0.2, -0.15) is 0 Å². The summed E-state index contributed by atoms with van der Waals surface area (Å²) in [5.41, 5.74) is 5.56. The smallest absolute Gasteiger partial charge is 0.0297 e. The summed E-state index contributed by atoms with van der Waals surface area (Å²) in [5, 5.41) is 0. The minimum Gasteiger partial charge on any atom is -0.0769 e. The zero-order valence-corrected chi connectivity index (χ0v) is 15.6.